The fourth-order valence-electron chi connectivity index (χ4n) is 1.90. The highest BCUT2D eigenvalue weighted by molar-refractivity contribution is 5.82. The first-order valence-electron chi connectivity index (χ1n) is 6.04. The summed E-state index contributed by atoms with van der Waals surface area (Å²) in [6, 6.07) is 0. The molecular weight excluding hydrogens is 186 g/mol. The number of aliphatic hydroxyl groups is 1. The monoisotopic (exact) mass is 213 g/mol. The molecule has 0 radical (unpaired) electrons. The maximum Gasteiger partial charge on any atom is 0.0594 e. The molecule has 0 aromatic heterocycles. The second kappa shape index (κ2) is 6.26. The van der Waals surface area contributed by atoms with Crippen LogP contribution in [-0.4, -0.2) is 16.9 Å². The van der Waals surface area contributed by atoms with Crippen molar-refractivity contribution in [1.29, 1.82) is 5.41 Å². The topological polar surface area (TPSA) is 44.1 Å². The van der Waals surface area contributed by atoms with Gasteiger partial charge in [-0.15, -0.1) is 0 Å². The van der Waals surface area contributed by atoms with E-state index in [9.17, 15) is 5.11 Å². The van der Waals surface area contributed by atoms with Gasteiger partial charge in [0.25, 0.3) is 0 Å². The van der Waals surface area contributed by atoms with E-state index in [0.717, 1.165) is 25.0 Å². The van der Waals surface area contributed by atoms with Gasteiger partial charge >= 0.3 is 0 Å². The molecule has 1 atom stereocenters. The van der Waals surface area contributed by atoms with Crippen molar-refractivity contribution in [2.75, 3.05) is 0 Å². The molecule has 0 spiro atoms. The highest BCUT2D eigenvalue weighted by atomic mass is 16.3. The van der Waals surface area contributed by atoms with Crippen LogP contribution in [-0.2, 0) is 0 Å². The fourth-order valence-corrected chi connectivity index (χ4v) is 1.90. The summed E-state index contributed by atoms with van der Waals surface area (Å²) in [4.78, 5) is 0. The summed E-state index contributed by atoms with van der Waals surface area (Å²) in [5, 5.41) is 17.9. The maximum atomic E-state index is 9.96. The maximum absolute atomic E-state index is 9.96. The van der Waals surface area contributed by atoms with Gasteiger partial charge in [0.1, 0.15) is 0 Å². The summed E-state index contributed by atoms with van der Waals surface area (Å²) in [5.74, 6) is 0.539. The highest BCUT2D eigenvalue weighted by Gasteiger charge is 2.28. The SMILES string of the molecule is CCCC(O)C(C)(C)CC(=N)CC(C)C. The van der Waals surface area contributed by atoms with Gasteiger partial charge in [-0.3, -0.25) is 0 Å². The van der Waals surface area contributed by atoms with Gasteiger partial charge in [0.05, 0.1) is 6.10 Å². The van der Waals surface area contributed by atoms with Gasteiger partial charge in [0, 0.05) is 5.71 Å². The molecule has 0 aliphatic heterocycles. The van der Waals surface area contributed by atoms with Crippen LogP contribution in [0.4, 0.5) is 0 Å². The molecule has 0 aromatic rings. The molecule has 0 rings (SSSR count). The van der Waals surface area contributed by atoms with Crippen LogP contribution in [0, 0.1) is 16.7 Å². The molecule has 0 saturated heterocycles. The van der Waals surface area contributed by atoms with E-state index < -0.39 is 0 Å². The summed E-state index contributed by atoms with van der Waals surface area (Å²) >= 11 is 0. The first-order chi connectivity index (χ1) is 6.79. The number of aliphatic hydroxyl groups excluding tert-OH is 1. The minimum atomic E-state index is -0.282. The minimum absolute atomic E-state index is 0.151. The van der Waals surface area contributed by atoms with Gasteiger partial charge < -0.3 is 10.5 Å². The van der Waals surface area contributed by atoms with Crippen molar-refractivity contribution in [1.82, 2.24) is 0 Å². The molecule has 0 aromatic carbocycles. The van der Waals surface area contributed by atoms with E-state index in [-0.39, 0.29) is 11.5 Å². The van der Waals surface area contributed by atoms with Crippen LogP contribution in [0.1, 0.15) is 60.3 Å². The zero-order valence-corrected chi connectivity index (χ0v) is 10.9. The average Bonchev–Trinajstić information content (AvgIpc) is 2.01. The lowest BCUT2D eigenvalue weighted by atomic mass is 9.78. The normalized spacial score (nSPS) is 14.3. The predicted octanol–water partition coefficient (Wildman–Crippen LogP) is 3.63. The molecule has 0 fully saturated rings. The molecular formula is C13H27NO. The average molecular weight is 213 g/mol. The van der Waals surface area contributed by atoms with Crippen LogP contribution in [0.5, 0.6) is 0 Å². The quantitative estimate of drug-likeness (QED) is 0.623. The predicted molar refractivity (Wildman–Crippen MR) is 66.5 cm³/mol. The molecule has 2 heteroatoms. The third-order valence-corrected chi connectivity index (χ3v) is 2.79. The molecule has 0 heterocycles. The largest absolute Gasteiger partial charge is 0.393 e. The molecule has 2 N–H and O–H groups in total. The zero-order valence-electron chi connectivity index (χ0n) is 10.9. The summed E-state index contributed by atoms with van der Waals surface area (Å²) in [6.45, 7) is 10.5. The Morgan fingerprint density at radius 3 is 2.27 bits per heavy atom. The van der Waals surface area contributed by atoms with E-state index in [1.165, 1.54) is 0 Å². The molecule has 2 nitrogen and oxygen atoms in total. The van der Waals surface area contributed by atoms with Gasteiger partial charge in [-0.25, -0.2) is 0 Å². The van der Waals surface area contributed by atoms with E-state index >= 15 is 0 Å². The van der Waals surface area contributed by atoms with Crippen molar-refractivity contribution < 1.29 is 5.11 Å². The van der Waals surface area contributed by atoms with Crippen LogP contribution in [0.3, 0.4) is 0 Å². The van der Waals surface area contributed by atoms with Crippen molar-refractivity contribution >= 4 is 5.71 Å². The van der Waals surface area contributed by atoms with Gasteiger partial charge in [0.15, 0.2) is 0 Å². The van der Waals surface area contributed by atoms with Crippen LogP contribution in [0.2, 0.25) is 0 Å². The Morgan fingerprint density at radius 1 is 1.33 bits per heavy atom. The summed E-state index contributed by atoms with van der Waals surface area (Å²) in [6.07, 6.45) is 3.12. The van der Waals surface area contributed by atoms with Crippen LogP contribution in [0.15, 0.2) is 0 Å². The third kappa shape index (κ3) is 5.93. The van der Waals surface area contributed by atoms with E-state index in [1.807, 2.05) is 0 Å². The van der Waals surface area contributed by atoms with Crippen LogP contribution < -0.4 is 0 Å². The lowest BCUT2D eigenvalue weighted by Crippen LogP contribution is -2.31. The zero-order chi connectivity index (χ0) is 12.1. The standard InChI is InChI=1S/C13H27NO/c1-6-7-12(15)13(4,5)9-11(14)8-10(2)3/h10,12,14-15H,6-9H2,1-5H3. The van der Waals surface area contributed by atoms with Gasteiger partial charge in [-0.1, -0.05) is 41.0 Å². The van der Waals surface area contributed by atoms with Crippen molar-refractivity contribution in [2.24, 2.45) is 11.3 Å². The molecule has 15 heavy (non-hydrogen) atoms. The first-order valence-corrected chi connectivity index (χ1v) is 6.04. The molecule has 1 unspecified atom stereocenters. The lowest BCUT2D eigenvalue weighted by Gasteiger charge is -2.31. The van der Waals surface area contributed by atoms with Crippen LogP contribution >= 0.6 is 0 Å². The van der Waals surface area contributed by atoms with Crippen molar-refractivity contribution in [3.63, 3.8) is 0 Å². The smallest absolute Gasteiger partial charge is 0.0594 e. The summed E-state index contributed by atoms with van der Waals surface area (Å²) in [7, 11) is 0. The van der Waals surface area contributed by atoms with Gasteiger partial charge in [-0.05, 0) is 30.6 Å². The number of hydrogen-bond acceptors (Lipinski definition) is 2. The van der Waals surface area contributed by atoms with E-state index in [0.29, 0.717) is 12.3 Å². The Balaban J connectivity index is 4.17. The second-order valence-electron chi connectivity index (χ2n) is 5.67. The van der Waals surface area contributed by atoms with E-state index in [4.69, 9.17) is 5.41 Å². The Kier molecular flexibility index (Phi) is 6.11. The molecule has 0 amide bonds. The number of hydrogen-bond donors (Lipinski definition) is 2. The van der Waals surface area contributed by atoms with Crippen LogP contribution in [0.25, 0.3) is 0 Å². The summed E-state index contributed by atoms with van der Waals surface area (Å²) < 4.78 is 0. The Bertz CT molecular complexity index is 197. The van der Waals surface area contributed by atoms with Crippen molar-refractivity contribution in [3.05, 3.63) is 0 Å². The second-order valence-corrected chi connectivity index (χ2v) is 5.67. The van der Waals surface area contributed by atoms with E-state index in [1.54, 1.807) is 0 Å². The van der Waals surface area contributed by atoms with Gasteiger partial charge in [-0.2, -0.15) is 0 Å². The molecule has 0 bridgehead atoms. The molecule has 0 aliphatic rings. The Hall–Kier alpha value is -0.370. The Labute approximate surface area is 94.6 Å². The third-order valence-electron chi connectivity index (χ3n) is 2.79. The highest BCUT2D eigenvalue weighted by Crippen LogP contribution is 2.29. The van der Waals surface area contributed by atoms with E-state index in [2.05, 4.69) is 34.6 Å². The minimum Gasteiger partial charge on any atom is -0.393 e. The molecule has 0 saturated carbocycles. The number of rotatable bonds is 7. The van der Waals surface area contributed by atoms with Gasteiger partial charge in [0.2, 0.25) is 0 Å². The number of nitrogens with one attached hydrogen (secondary N) is 1. The fraction of sp³-hybridized carbons (Fsp3) is 0.923. The first kappa shape index (κ1) is 14.6. The summed E-state index contributed by atoms with van der Waals surface area (Å²) in [5.41, 5.74) is 0.618. The van der Waals surface area contributed by atoms with Crippen molar-refractivity contribution in [2.45, 2.75) is 66.4 Å². The molecule has 0 aliphatic carbocycles. The lowest BCUT2D eigenvalue weighted by molar-refractivity contribution is 0.0468. The van der Waals surface area contributed by atoms with Crippen molar-refractivity contribution in [3.8, 4) is 0 Å². The Morgan fingerprint density at radius 2 is 1.87 bits per heavy atom. The molecule has 90 valence electrons.